The van der Waals surface area contributed by atoms with E-state index in [1.165, 1.54) is 32.4 Å². The highest BCUT2D eigenvalue weighted by Crippen LogP contribution is 2.24. The fourth-order valence-electron chi connectivity index (χ4n) is 4.77. The molecule has 1 aliphatic rings. The molecule has 1 fully saturated rings. The molecule has 1 amide bonds. The number of rotatable bonds is 9. The standard InChI is InChI=1S/C27H36N4O3/c1-20(2)28-26(32)19-31-25(22-10-7-11-23(16-22)34-3)18-30-17-21(15-24(30)27(31)33)9-8-14-29-12-5-4-6-13-29/h7,10-11,15-18,20H,4-6,8-9,12-14,19H2,1-3H3,(H,28,32). The summed E-state index contributed by atoms with van der Waals surface area (Å²) < 4.78 is 8.86. The van der Waals surface area contributed by atoms with E-state index in [4.69, 9.17) is 4.74 Å². The van der Waals surface area contributed by atoms with Crippen molar-refractivity contribution < 1.29 is 9.53 Å². The first-order valence-corrected chi connectivity index (χ1v) is 12.3. The van der Waals surface area contributed by atoms with Gasteiger partial charge in [-0.2, -0.15) is 0 Å². The number of amides is 1. The van der Waals surface area contributed by atoms with Crippen LogP contribution in [0.4, 0.5) is 0 Å². The van der Waals surface area contributed by atoms with Crippen LogP contribution in [0.25, 0.3) is 16.8 Å². The fourth-order valence-corrected chi connectivity index (χ4v) is 4.77. The van der Waals surface area contributed by atoms with E-state index in [0.29, 0.717) is 17.0 Å². The topological polar surface area (TPSA) is 68.0 Å². The van der Waals surface area contributed by atoms with Crippen LogP contribution in [0.3, 0.4) is 0 Å². The van der Waals surface area contributed by atoms with E-state index in [-0.39, 0.29) is 24.1 Å². The van der Waals surface area contributed by atoms with Gasteiger partial charge in [-0.05, 0) is 82.9 Å². The number of aryl methyl sites for hydroxylation is 1. The molecule has 1 aromatic carbocycles. The van der Waals surface area contributed by atoms with Crippen LogP contribution in [-0.4, -0.2) is 52.6 Å². The first-order chi connectivity index (χ1) is 16.4. The zero-order valence-corrected chi connectivity index (χ0v) is 20.5. The molecule has 2 aromatic heterocycles. The number of carbonyl (C=O) groups is 1. The molecule has 34 heavy (non-hydrogen) atoms. The molecule has 182 valence electrons. The average Bonchev–Trinajstić information content (AvgIpc) is 3.24. The first kappa shape index (κ1) is 24.1. The van der Waals surface area contributed by atoms with Crippen molar-refractivity contribution in [3.8, 4) is 17.0 Å². The number of piperidine rings is 1. The molecule has 4 rings (SSSR count). The van der Waals surface area contributed by atoms with Gasteiger partial charge in [0.1, 0.15) is 17.8 Å². The molecule has 0 atom stereocenters. The predicted octanol–water partition coefficient (Wildman–Crippen LogP) is 3.72. The summed E-state index contributed by atoms with van der Waals surface area (Å²) in [7, 11) is 1.62. The van der Waals surface area contributed by atoms with E-state index >= 15 is 0 Å². The molecule has 0 saturated carbocycles. The zero-order valence-electron chi connectivity index (χ0n) is 20.5. The van der Waals surface area contributed by atoms with Gasteiger partial charge in [0.15, 0.2) is 0 Å². The zero-order chi connectivity index (χ0) is 24.1. The van der Waals surface area contributed by atoms with Crippen molar-refractivity contribution in [1.29, 1.82) is 0 Å². The number of carbonyl (C=O) groups excluding carboxylic acids is 1. The third-order valence-corrected chi connectivity index (χ3v) is 6.43. The lowest BCUT2D eigenvalue weighted by Gasteiger charge is -2.26. The molecule has 1 N–H and O–H groups in total. The van der Waals surface area contributed by atoms with Gasteiger partial charge in [-0.3, -0.25) is 14.2 Å². The third-order valence-electron chi connectivity index (χ3n) is 6.43. The van der Waals surface area contributed by atoms with E-state index in [2.05, 4.69) is 16.4 Å². The van der Waals surface area contributed by atoms with Crippen molar-refractivity contribution in [1.82, 2.24) is 19.2 Å². The third kappa shape index (κ3) is 5.70. The highest BCUT2D eigenvalue weighted by Gasteiger charge is 2.17. The first-order valence-electron chi connectivity index (χ1n) is 12.3. The van der Waals surface area contributed by atoms with Crippen molar-refractivity contribution in [2.45, 2.75) is 58.5 Å². The highest BCUT2D eigenvalue weighted by molar-refractivity contribution is 5.77. The van der Waals surface area contributed by atoms with E-state index in [0.717, 1.165) is 30.5 Å². The van der Waals surface area contributed by atoms with Crippen LogP contribution >= 0.6 is 0 Å². The van der Waals surface area contributed by atoms with Crippen LogP contribution in [0.1, 0.15) is 45.1 Å². The van der Waals surface area contributed by atoms with Crippen LogP contribution in [0.5, 0.6) is 5.75 Å². The Morgan fingerprint density at radius 3 is 2.65 bits per heavy atom. The Morgan fingerprint density at radius 1 is 1.12 bits per heavy atom. The second-order valence-corrected chi connectivity index (χ2v) is 9.51. The van der Waals surface area contributed by atoms with Crippen molar-refractivity contribution in [3.63, 3.8) is 0 Å². The summed E-state index contributed by atoms with van der Waals surface area (Å²) in [5.74, 6) is 0.521. The van der Waals surface area contributed by atoms with Crippen LogP contribution in [0.15, 0.2) is 47.5 Å². The SMILES string of the molecule is COc1cccc(-c2cn3cc(CCCN4CCCCC4)cc3c(=O)n2CC(=O)NC(C)C)c1. The van der Waals surface area contributed by atoms with Gasteiger partial charge in [0.05, 0.1) is 12.8 Å². The molecule has 0 aliphatic carbocycles. The number of ether oxygens (including phenoxy) is 1. The van der Waals surface area contributed by atoms with Crippen LogP contribution in [0.2, 0.25) is 0 Å². The lowest BCUT2D eigenvalue weighted by Crippen LogP contribution is -2.36. The van der Waals surface area contributed by atoms with Crippen LogP contribution in [-0.2, 0) is 17.8 Å². The van der Waals surface area contributed by atoms with Gasteiger partial charge in [-0.25, -0.2) is 0 Å². The Morgan fingerprint density at radius 2 is 1.91 bits per heavy atom. The van der Waals surface area contributed by atoms with Gasteiger partial charge in [0.25, 0.3) is 5.56 Å². The van der Waals surface area contributed by atoms with Crippen molar-refractivity contribution in [2.75, 3.05) is 26.7 Å². The minimum Gasteiger partial charge on any atom is -0.497 e. The van der Waals surface area contributed by atoms with Gasteiger partial charge in [-0.1, -0.05) is 18.6 Å². The maximum Gasteiger partial charge on any atom is 0.275 e. The Hall–Kier alpha value is -3.06. The molecule has 0 unspecified atom stereocenters. The molecule has 0 bridgehead atoms. The van der Waals surface area contributed by atoms with Crippen molar-refractivity contribution in [2.24, 2.45) is 0 Å². The summed E-state index contributed by atoms with van der Waals surface area (Å²) in [6.07, 6.45) is 9.95. The average molecular weight is 465 g/mol. The van der Waals surface area contributed by atoms with Gasteiger partial charge in [-0.15, -0.1) is 0 Å². The molecule has 3 aromatic rings. The predicted molar refractivity (Wildman–Crippen MR) is 136 cm³/mol. The molecule has 1 aliphatic heterocycles. The summed E-state index contributed by atoms with van der Waals surface area (Å²) in [4.78, 5) is 28.7. The van der Waals surface area contributed by atoms with Gasteiger partial charge in [0, 0.05) is 24.0 Å². The molecule has 0 spiro atoms. The van der Waals surface area contributed by atoms with Crippen LogP contribution in [0, 0.1) is 0 Å². The summed E-state index contributed by atoms with van der Waals surface area (Å²) in [5.41, 5.74) is 3.09. The maximum atomic E-state index is 13.6. The fraction of sp³-hybridized carbons (Fsp3) is 0.481. The smallest absolute Gasteiger partial charge is 0.275 e. The summed E-state index contributed by atoms with van der Waals surface area (Å²) >= 11 is 0. The quantitative estimate of drug-likeness (QED) is 0.524. The van der Waals surface area contributed by atoms with E-state index in [1.54, 1.807) is 11.7 Å². The van der Waals surface area contributed by atoms with Crippen LogP contribution < -0.4 is 15.6 Å². The largest absolute Gasteiger partial charge is 0.497 e. The summed E-state index contributed by atoms with van der Waals surface area (Å²) in [5, 5.41) is 2.90. The molecule has 7 nitrogen and oxygen atoms in total. The number of hydrogen-bond donors (Lipinski definition) is 1. The number of aromatic nitrogens is 2. The number of fused-ring (bicyclic) bond motifs is 1. The highest BCUT2D eigenvalue weighted by atomic mass is 16.5. The summed E-state index contributed by atoms with van der Waals surface area (Å²) in [6, 6.07) is 9.57. The molecule has 3 heterocycles. The lowest BCUT2D eigenvalue weighted by atomic mass is 10.1. The Kier molecular flexibility index (Phi) is 7.73. The van der Waals surface area contributed by atoms with E-state index in [1.807, 2.05) is 54.8 Å². The Labute approximate surface area is 201 Å². The van der Waals surface area contributed by atoms with Gasteiger partial charge in [0.2, 0.25) is 5.91 Å². The second kappa shape index (κ2) is 10.9. The number of hydrogen-bond acceptors (Lipinski definition) is 4. The lowest BCUT2D eigenvalue weighted by molar-refractivity contribution is -0.122. The number of likely N-dealkylation sites (tertiary alicyclic amines) is 1. The molecular formula is C27H36N4O3. The molecule has 0 radical (unpaired) electrons. The maximum absolute atomic E-state index is 13.6. The van der Waals surface area contributed by atoms with Crippen molar-refractivity contribution in [3.05, 3.63) is 58.6 Å². The monoisotopic (exact) mass is 464 g/mol. The molecular weight excluding hydrogens is 428 g/mol. The summed E-state index contributed by atoms with van der Waals surface area (Å²) in [6.45, 7) is 7.29. The van der Waals surface area contributed by atoms with Gasteiger partial charge >= 0.3 is 0 Å². The second-order valence-electron chi connectivity index (χ2n) is 9.51. The number of nitrogens with zero attached hydrogens (tertiary/aromatic N) is 3. The minimum atomic E-state index is -0.182. The Balaban J connectivity index is 1.65. The number of benzene rings is 1. The number of nitrogens with one attached hydrogen (secondary N) is 1. The number of methoxy groups -OCH3 is 1. The molecule has 1 saturated heterocycles. The minimum absolute atomic E-state index is 0.00649. The Bertz CT molecular complexity index is 1190. The molecule has 7 heteroatoms. The van der Waals surface area contributed by atoms with Gasteiger partial charge < -0.3 is 19.4 Å². The normalized spacial score (nSPS) is 14.6. The van der Waals surface area contributed by atoms with Crippen molar-refractivity contribution >= 4 is 11.4 Å². The van der Waals surface area contributed by atoms with E-state index in [9.17, 15) is 9.59 Å². The van der Waals surface area contributed by atoms with E-state index < -0.39 is 0 Å².